The smallest absolute Gasteiger partial charge is 0.321 e. The van der Waals surface area contributed by atoms with E-state index in [2.05, 4.69) is 4.98 Å². The third kappa shape index (κ3) is 3.68. The molecule has 9 heteroatoms. The van der Waals surface area contributed by atoms with Gasteiger partial charge in [-0.3, -0.25) is 9.59 Å². The number of hydrogen-bond donors (Lipinski definition) is 1. The van der Waals surface area contributed by atoms with Crippen molar-refractivity contribution in [2.75, 3.05) is 13.2 Å². The fourth-order valence-corrected chi connectivity index (χ4v) is 4.62. The Morgan fingerprint density at radius 2 is 2.05 bits per heavy atom. The average Bonchev–Trinajstić information content (AvgIpc) is 2.66. The van der Waals surface area contributed by atoms with Crippen LogP contribution in [0.5, 0.6) is 0 Å². The summed E-state index contributed by atoms with van der Waals surface area (Å²) in [5.41, 5.74) is 0.273. The maximum atomic E-state index is 12.5. The fraction of sp³-hybridized carbons (Fsp3) is 0.636. The lowest BCUT2D eigenvalue weighted by Gasteiger charge is -2.24. The van der Waals surface area contributed by atoms with Gasteiger partial charge in [-0.05, 0) is 27.7 Å². The number of esters is 1. The zero-order valence-electron chi connectivity index (χ0n) is 11.8. The number of nitrogens with one attached hydrogen (secondary N) is 1. The maximum absolute atomic E-state index is 12.5. The van der Waals surface area contributed by atoms with E-state index in [4.69, 9.17) is 4.74 Å². The molecular weight excluding hydrogens is 304 g/mol. The van der Waals surface area contributed by atoms with E-state index in [0.29, 0.717) is 11.3 Å². The molecule has 0 aliphatic heterocycles. The number of aromatic amines is 1. The molecule has 1 aromatic rings. The SMILES string of the molecule is CCOC(=O)CN(C(C)C)S(=O)(=O)c1sc(=O)[nH]c1C. The van der Waals surface area contributed by atoms with Gasteiger partial charge in [0.1, 0.15) is 6.54 Å². The van der Waals surface area contributed by atoms with Crippen molar-refractivity contribution in [2.24, 2.45) is 0 Å². The number of carbonyl (C=O) groups is 1. The first-order chi connectivity index (χ1) is 9.20. The van der Waals surface area contributed by atoms with Crippen molar-refractivity contribution in [2.45, 2.75) is 37.9 Å². The van der Waals surface area contributed by atoms with Crippen LogP contribution in [-0.2, 0) is 19.6 Å². The number of nitrogens with zero attached hydrogens (tertiary/aromatic N) is 1. The van der Waals surface area contributed by atoms with E-state index in [0.717, 1.165) is 4.31 Å². The summed E-state index contributed by atoms with van der Waals surface area (Å²) in [5, 5.41) is 0. The Kier molecular flexibility index (Phi) is 5.49. The Balaban J connectivity index is 3.16. The first kappa shape index (κ1) is 16.9. The van der Waals surface area contributed by atoms with E-state index in [-0.39, 0.29) is 23.1 Å². The molecule has 20 heavy (non-hydrogen) atoms. The molecule has 0 radical (unpaired) electrons. The number of aromatic nitrogens is 1. The summed E-state index contributed by atoms with van der Waals surface area (Å²) in [7, 11) is -3.90. The maximum Gasteiger partial charge on any atom is 0.321 e. The van der Waals surface area contributed by atoms with Crippen molar-refractivity contribution in [3.63, 3.8) is 0 Å². The van der Waals surface area contributed by atoms with E-state index >= 15 is 0 Å². The highest BCUT2D eigenvalue weighted by atomic mass is 32.2. The van der Waals surface area contributed by atoms with Gasteiger partial charge in [0.25, 0.3) is 10.0 Å². The van der Waals surface area contributed by atoms with Gasteiger partial charge in [-0.2, -0.15) is 4.31 Å². The average molecular weight is 322 g/mol. The summed E-state index contributed by atoms with van der Waals surface area (Å²) < 4.78 is 30.8. The van der Waals surface area contributed by atoms with Crippen molar-refractivity contribution in [1.82, 2.24) is 9.29 Å². The number of H-pyrrole nitrogens is 1. The van der Waals surface area contributed by atoms with Crippen LogP contribution >= 0.6 is 11.3 Å². The predicted octanol–water partition coefficient (Wildman–Crippen LogP) is 0.707. The quantitative estimate of drug-likeness (QED) is 0.778. The van der Waals surface area contributed by atoms with Crippen LogP contribution in [0.15, 0.2) is 9.00 Å². The van der Waals surface area contributed by atoms with Crippen LogP contribution in [0.25, 0.3) is 0 Å². The normalized spacial score (nSPS) is 12.1. The molecule has 0 amide bonds. The van der Waals surface area contributed by atoms with Crippen molar-refractivity contribution in [1.29, 1.82) is 0 Å². The minimum absolute atomic E-state index is 0.0690. The number of thiazole rings is 1. The fourth-order valence-electron chi connectivity index (χ4n) is 1.62. The molecule has 0 saturated heterocycles. The summed E-state index contributed by atoms with van der Waals surface area (Å²) in [5.74, 6) is -0.620. The van der Waals surface area contributed by atoms with Crippen LogP contribution < -0.4 is 4.87 Å². The molecule has 0 aliphatic carbocycles. The van der Waals surface area contributed by atoms with Gasteiger partial charge < -0.3 is 9.72 Å². The highest BCUT2D eigenvalue weighted by molar-refractivity contribution is 7.91. The Hall–Kier alpha value is -1.19. The predicted molar refractivity (Wildman–Crippen MR) is 75.3 cm³/mol. The molecule has 114 valence electrons. The second kappa shape index (κ2) is 6.51. The summed E-state index contributed by atoms with van der Waals surface area (Å²) >= 11 is 0.615. The Bertz CT molecular complexity index is 629. The van der Waals surface area contributed by atoms with Crippen molar-refractivity contribution >= 4 is 27.3 Å². The highest BCUT2D eigenvalue weighted by Gasteiger charge is 2.32. The third-order valence-electron chi connectivity index (χ3n) is 2.49. The number of rotatable bonds is 6. The molecule has 0 aliphatic rings. The molecule has 0 saturated carbocycles. The molecule has 0 bridgehead atoms. The number of carbonyl (C=O) groups excluding carboxylic acids is 1. The first-order valence-electron chi connectivity index (χ1n) is 6.07. The number of aryl methyl sites for hydroxylation is 1. The van der Waals surface area contributed by atoms with E-state index in [1.54, 1.807) is 20.8 Å². The molecule has 1 N–H and O–H groups in total. The molecule has 0 aromatic carbocycles. The number of sulfonamides is 1. The van der Waals surface area contributed by atoms with Crippen molar-refractivity contribution in [3.8, 4) is 0 Å². The summed E-state index contributed by atoms with van der Waals surface area (Å²) in [6, 6.07) is -0.430. The van der Waals surface area contributed by atoms with Crippen LogP contribution in [0.1, 0.15) is 26.5 Å². The van der Waals surface area contributed by atoms with Gasteiger partial charge in [0, 0.05) is 11.7 Å². The van der Waals surface area contributed by atoms with Crippen molar-refractivity contribution in [3.05, 3.63) is 15.4 Å². The minimum Gasteiger partial charge on any atom is -0.465 e. The lowest BCUT2D eigenvalue weighted by atomic mass is 10.4. The molecule has 0 atom stereocenters. The lowest BCUT2D eigenvalue weighted by Crippen LogP contribution is -2.41. The van der Waals surface area contributed by atoms with Crippen LogP contribution in [0.2, 0.25) is 0 Å². The zero-order chi connectivity index (χ0) is 15.5. The van der Waals surface area contributed by atoms with E-state index in [9.17, 15) is 18.0 Å². The van der Waals surface area contributed by atoms with E-state index < -0.39 is 26.9 Å². The van der Waals surface area contributed by atoms with Gasteiger partial charge in [-0.25, -0.2) is 8.42 Å². The monoisotopic (exact) mass is 322 g/mol. The largest absolute Gasteiger partial charge is 0.465 e. The molecule has 1 rings (SSSR count). The molecule has 1 heterocycles. The summed E-state index contributed by atoms with van der Waals surface area (Å²) in [4.78, 5) is 24.8. The number of ether oxygens (including phenoxy) is 1. The third-order valence-corrected chi connectivity index (χ3v) is 6.09. The van der Waals surface area contributed by atoms with Gasteiger partial charge >= 0.3 is 10.8 Å². The second-order valence-corrected chi connectivity index (χ2v) is 7.44. The zero-order valence-corrected chi connectivity index (χ0v) is 13.4. The molecule has 7 nitrogen and oxygen atoms in total. The molecular formula is C11H18N2O5S2. The summed E-state index contributed by atoms with van der Waals surface area (Å²) in [6.07, 6.45) is 0. The number of hydrogen-bond acceptors (Lipinski definition) is 6. The topological polar surface area (TPSA) is 96.5 Å². The minimum atomic E-state index is -3.90. The Morgan fingerprint density at radius 1 is 1.45 bits per heavy atom. The molecule has 0 unspecified atom stereocenters. The first-order valence-corrected chi connectivity index (χ1v) is 8.33. The van der Waals surface area contributed by atoms with Gasteiger partial charge in [0.05, 0.1) is 6.61 Å². The van der Waals surface area contributed by atoms with Gasteiger partial charge in [-0.1, -0.05) is 11.3 Å². The van der Waals surface area contributed by atoms with Crippen LogP contribution in [0, 0.1) is 6.92 Å². The van der Waals surface area contributed by atoms with E-state index in [1.807, 2.05) is 0 Å². The van der Waals surface area contributed by atoms with E-state index in [1.165, 1.54) is 6.92 Å². The molecule has 1 aromatic heterocycles. The lowest BCUT2D eigenvalue weighted by molar-refractivity contribution is -0.143. The second-order valence-electron chi connectivity index (χ2n) is 4.38. The molecule has 0 fully saturated rings. The van der Waals surface area contributed by atoms with Crippen LogP contribution in [-0.4, -0.2) is 42.9 Å². The van der Waals surface area contributed by atoms with Crippen molar-refractivity contribution < 1.29 is 17.9 Å². The highest BCUT2D eigenvalue weighted by Crippen LogP contribution is 2.22. The Morgan fingerprint density at radius 3 is 2.45 bits per heavy atom. The van der Waals surface area contributed by atoms with Gasteiger partial charge in [0.15, 0.2) is 4.21 Å². The van der Waals surface area contributed by atoms with Gasteiger partial charge in [-0.15, -0.1) is 0 Å². The van der Waals surface area contributed by atoms with Crippen LogP contribution in [0.4, 0.5) is 0 Å². The Labute approximate surface area is 121 Å². The standard InChI is InChI=1S/C11H18N2O5S2/c1-5-18-9(14)6-13(7(2)3)20(16,17)10-8(4)12-11(15)19-10/h7H,5-6H2,1-4H3,(H,12,15). The van der Waals surface area contributed by atoms with Gasteiger partial charge in [0.2, 0.25) is 0 Å². The molecule has 0 spiro atoms. The summed E-state index contributed by atoms with van der Waals surface area (Å²) in [6.45, 7) is 6.27. The van der Waals surface area contributed by atoms with Crippen LogP contribution in [0.3, 0.4) is 0 Å².